The summed E-state index contributed by atoms with van der Waals surface area (Å²) >= 11 is 0. The predicted octanol–water partition coefficient (Wildman–Crippen LogP) is 17.7. The number of aromatic nitrogens is 3. The van der Waals surface area contributed by atoms with Crippen molar-refractivity contribution >= 4 is 94.7 Å². The lowest BCUT2D eigenvalue weighted by atomic mass is 10.1. The lowest BCUT2D eigenvalue weighted by Gasteiger charge is -2.27. The number of allylic oxidation sites excluding steroid dienone is 5. The van der Waals surface area contributed by atoms with Crippen molar-refractivity contribution in [3.05, 3.63) is 248 Å². The molecule has 354 valence electrons. The second-order valence-corrected chi connectivity index (χ2v) is 18.6. The highest BCUT2D eigenvalue weighted by molar-refractivity contribution is 6.13. The fourth-order valence-corrected chi connectivity index (χ4v) is 10.9. The molecule has 7 heteroatoms. The molecule has 3 aromatic heterocycles. The van der Waals surface area contributed by atoms with Crippen LogP contribution in [0.25, 0.3) is 77.7 Å². The fraction of sp³-hybridized carbons (Fsp3) is 0.0606. The molecule has 9 aromatic carbocycles. The number of benzene rings is 9. The molecule has 12 rings (SSSR count). The maximum absolute atomic E-state index is 10.6. The summed E-state index contributed by atoms with van der Waals surface area (Å²) in [5.74, 6) is 0.416. The third-order valence-corrected chi connectivity index (χ3v) is 14.2. The van der Waals surface area contributed by atoms with E-state index >= 15 is 0 Å². The summed E-state index contributed by atoms with van der Waals surface area (Å²) in [6.07, 6.45) is 8.59. The van der Waals surface area contributed by atoms with Crippen molar-refractivity contribution in [2.24, 2.45) is 0 Å². The number of phenolic OH excluding ortho intramolecular Hbond substituents is 2. The molecule has 3 heterocycles. The highest BCUT2D eigenvalue weighted by Crippen LogP contribution is 2.44. The monoisotopic (exact) mass is 947 g/mol. The number of nitrogens with zero attached hydrogens (tertiary/aromatic N) is 5. The van der Waals surface area contributed by atoms with E-state index in [0.29, 0.717) is 0 Å². The molecular formula is C66H53N5O2. The zero-order chi connectivity index (χ0) is 49.7. The third kappa shape index (κ3) is 7.79. The van der Waals surface area contributed by atoms with E-state index < -0.39 is 0 Å². The second-order valence-electron chi connectivity index (χ2n) is 18.6. The van der Waals surface area contributed by atoms with Crippen LogP contribution in [0.5, 0.6) is 11.5 Å². The van der Waals surface area contributed by atoms with Crippen LogP contribution in [0.4, 0.5) is 28.4 Å². The smallest absolute Gasteiger partial charge is 0.115 e. The van der Waals surface area contributed by atoms with Crippen LogP contribution in [0.15, 0.2) is 236 Å². The minimum Gasteiger partial charge on any atom is -0.508 e. The molecule has 0 amide bonds. The zero-order valence-electron chi connectivity index (χ0n) is 41.1. The Labute approximate surface area is 424 Å². The summed E-state index contributed by atoms with van der Waals surface area (Å²) in [6.45, 7) is 8.56. The molecule has 0 saturated carbocycles. The number of fused-ring (bicyclic) bond motifs is 7. The Morgan fingerprint density at radius 2 is 0.890 bits per heavy atom. The van der Waals surface area contributed by atoms with Gasteiger partial charge in [0.2, 0.25) is 0 Å². The largest absolute Gasteiger partial charge is 0.508 e. The van der Waals surface area contributed by atoms with E-state index in [1.165, 1.54) is 10.8 Å². The van der Waals surface area contributed by atoms with Crippen molar-refractivity contribution in [3.8, 4) is 22.9 Å². The van der Waals surface area contributed by atoms with Gasteiger partial charge in [0.15, 0.2) is 0 Å². The van der Waals surface area contributed by atoms with Gasteiger partial charge in [-0.3, -0.25) is 0 Å². The Kier molecular flexibility index (Phi) is 11.3. The van der Waals surface area contributed by atoms with Gasteiger partial charge < -0.3 is 33.7 Å². The molecule has 0 aliphatic carbocycles. The molecule has 73 heavy (non-hydrogen) atoms. The summed E-state index contributed by atoms with van der Waals surface area (Å²) < 4.78 is 7.02. The Balaban J connectivity index is 1.07. The number of phenols is 2. The van der Waals surface area contributed by atoms with Crippen LogP contribution < -0.4 is 9.80 Å². The first kappa shape index (κ1) is 44.7. The maximum atomic E-state index is 10.6. The molecule has 0 radical (unpaired) electrons. The number of hydrogen-bond acceptors (Lipinski definition) is 4. The lowest BCUT2D eigenvalue weighted by molar-refractivity contribution is 0.475. The van der Waals surface area contributed by atoms with Crippen molar-refractivity contribution in [1.29, 1.82) is 0 Å². The van der Waals surface area contributed by atoms with Crippen LogP contribution in [-0.2, 0) is 0 Å². The molecule has 0 bridgehead atoms. The van der Waals surface area contributed by atoms with E-state index in [0.717, 1.165) is 106 Å². The Bertz CT molecular complexity index is 4140. The Morgan fingerprint density at radius 1 is 0.438 bits per heavy atom. The van der Waals surface area contributed by atoms with Crippen LogP contribution in [-0.4, -0.2) is 23.9 Å². The minimum atomic E-state index is 0.208. The SMILES string of the molecule is C/C=C\C=C(/C)n1c2ccccc2c2cc(N(c3ccc(O)cc3)c3ccc4c(c3)c3cc(N(/C(C)=C/c5c(C)n(-c6ccccc6)c6ccccc56)c5ccc(O)cc5)ccc3n4-c3ccccc3)ccc21. The van der Waals surface area contributed by atoms with Crippen LogP contribution in [0, 0.1) is 6.92 Å². The standard InChI is InChI=1S/C66H53N5O2/c1-5-6-17-44(2)68-62-24-15-14-23-57(62)59-42-52(31-37-64(59)68)70(50-28-35-55(73)36-29-50)53-32-39-66-61(43-53)60-41-51(30-38-65(60)71(66)48-20-11-8-12-21-48)67(49-26-33-54(72)34-27-49)45(3)40-58-46(4)69(47-18-9-7-10-19-47)63-25-16-13-22-56(58)63/h5-43,72-73H,1-4H3/b6-5-,44-17+,45-40+. The van der Waals surface area contributed by atoms with E-state index in [9.17, 15) is 10.2 Å². The highest BCUT2D eigenvalue weighted by Gasteiger charge is 2.23. The number of anilines is 5. The van der Waals surface area contributed by atoms with Gasteiger partial charge in [-0.15, -0.1) is 0 Å². The number of hydrogen-bond donors (Lipinski definition) is 2. The van der Waals surface area contributed by atoms with Gasteiger partial charge >= 0.3 is 0 Å². The summed E-state index contributed by atoms with van der Waals surface area (Å²) in [6, 6.07) is 73.4. The molecule has 0 unspecified atom stereocenters. The average Bonchev–Trinajstić information content (AvgIpc) is 4.03. The number of rotatable bonds is 11. The quantitative estimate of drug-likeness (QED) is 0.127. The molecule has 0 fully saturated rings. The molecule has 2 N–H and O–H groups in total. The molecule has 0 saturated heterocycles. The number of para-hydroxylation sites is 4. The van der Waals surface area contributed by atoms with Crippen LogP contribution >= 0.6 is 0 Å². The van der Waals surface area contributed by atoms with Gasteiger partial charge in [-0.2, -0.15) is 0 Å². The van der Waals surface area contributed by atoms with E-state index in [-0.39, 0.29) is 11.5 Å². The van der Waals surface area contributed by atoms with Gasteiger partial charge in [-0.1, -0.05) is 84.9 Å². The van der Waals surface area contributed by atoms with Crippen LogP contribution in [0.3, 0.4) is 0 Å². The summed E-state index contributed by atoms with van der Waals surface area (Å²) in [7, 11) is 0. The first-order chi connectivity index (χ1) is 35.7. The van der Waals surface area contributed by atoms with Gasteiger partial charge in [0.05, 0.1) is 27.6 Å². The molecular weight excluding hydrogens is 895 g/mol. The third-order valence-electron chi connectivity index (χ3n) is 14.2. The van der Waals surface area contributed by atoms with Crippen LogP contribution in [0.2, 0.25) is 0 Å². The lowest BCUT2D eigenvalue weighted by Crippen LogP contribution is -2.14. The Morgan fingerprint density at radius 3 is 1.51 bits per heavy atom. The first-order valence-electron chi connectivity index (χ1n) is 24.7. The predicted molar refractivity (Wildman–Crippen MR) is 307 cm³/mol. The van der Waals surface area contributed by atoms with E-state index in [1.54, 1.807) is 24.3 Å². The van der Waals surface area contributed by atoms with Gasteiger partial charge in [-0.25, -0.2) is 0 Å². The van der Waals surface area contributed by atoms with Crippen molar-refractivity contribution in [2.45, 2.75) is 27.7 Å². The van der Waals surface area contributed by atoms with Gasteiger partial charge in [0.25, 0.3) is 0 Å². The summed E-state index contributed by atoms with van der Waals surface area (Å²) in [5.41, 5.74) is 17.0. The van der Waals surface area contributed by atoms with Gasteiger partial charge in [0.1, 0.15) is 11.5 Å². The molecule has 12 aromatic rings. The van der Waals surface area contributed by atoms with E-state index in [1.807, 2.05) is 31.2 Å². The van der Waals surface area contributed by atoms with Crippen molar-refractivity contribution in [3.63, 3.8) is 0 Å². The van der Waals surface area contributed by atoms with Gasteiger partial charge in [-0.05, 0) is 179 Å². The number of aromatic hydroxyl groups is 2. The summed E-state index contributed by atoms with van der Waals surface area (Å²) in [5, 5.41) is 26.8. The molecule has 0 atom stereocenters. The second kappa shape index (κ2) is 18.4. The first-order valence-corrected chi connectivity index (χ1v) is 24.7. The van der Waals surface area contributed by atoms with Crippen molar-refractivity contribution in [1.82, 2.24) is 13.7 Å². The molecule has 0 aliphatic rings. The summed E-state index contributed by atoms with van der Waals surface area (Å²) in [4.78, 5) is 4.57. The van der Waals surface area contributed by atoms with Crippen molar-refractivity contribution in [2.75, 3.05) is 9.80 Å². The topological polar surface area (TPSA) is 61.7 Å². The fourth-order valence-electron chi connectivity index (χ4n) is 10.9. The molecule has 0 spiro atoms. The van der Waals surface area contributed by atoms with E-state index in [2.05, 4.69) is 232 Å². The molecule has 7 nitrogen and oxygen atoms in total. The van der Waals surface area contributed by atoms with Crippen LogP contribution in [0.1, 0.15) is 32.0 Å². The van der Waals surface area contributed by atoms with E-state index in [4.69, 9.17) is 0 Å². The minimum absolute atomic E-state index is 0.208. The maximum Gasteiger partial charge on any atom is 0.115 e. The Hall–Kier alpha value is -9.46. The average molecular weight is 948 g/mol. The highest BCUT2D eigenvalue weighted by atomic mass is 16.3. The zero-order valence-corrected chi connectivity index (χ0v) is 41.1. The normalized spacial score (nSPS) is 12.3. The molecule has 0 aliphatic heterocycles. The van der Waals surface area contributed by atoms with Gasteiger partial charge in [0, 0.05) is 89.4 Å². The van der Waals surface area contributed by atoms with Crippen molar-refractivity contribution < 1.29 is 10.2 Å².